The molecular weight excluding hydrogens is 360 g/mol. The lowest BCUT2D eigenvalue weighted by Crippen LogP contribution is -2.35. The third-order valence-electron chi connectivity index (χ3n) is 5.45. The second kappa shape index (κ2) is 7.87. The Morgan fingerprint density at radius 3 is 2.50 bits per heavy atom. The lowest BCUT2D eigenvalue weighted by atomic mass is 9.81. The Labute approximate surface area is 162 Å². The number of aromatic nitrogens is 4. The number of hydrogen-bond donors (Lipinski definition) is 1. The maximum Gasteiger partial charge on any atom is 0.233 e. The monoisotopic (exact) mass is 382 g/mol. The molecular formula is C19H22N6O3. The SMILES string of the molecule is O=C(CCN1C(=O)C2CCCCC2C1=O)NCc1ccc(-n2cncn2)nc1. The second-order valence-electron chi connectivity index (χ2n) is 7.22. The number of hydrogen-bond acceptors (Lipinski definition) is 6. The standard InChI is InChI=1S/C19H22N6O3/c26-17(7-8-24-18(27)14-3-1-2-4-15(14)19(24)28)22-10-13-5-6-16(21-9-13)25-12-20-11-23-25/h5-6,9,11-12,14-15H,1-4,7-8,10H2,(H,22,26). The van der Waals surface area contributed by atoms with Crippen LogP contribution in [0.1, 0.15) is 37.7 Å². The molecule has 28 heavy (non-hydrogen) atoms. The normalized spacial score (nSPS) is 21.6. The fourth-order valence-electron chi connectivity index (χ4n) is 3.94. The molecule has 1 aliphatic heterocycles. The highest BCUT2D eigenvalue weighted by Gasteiger charge is 2.47. The summed E-state index contributed by atoms with van der Waals surface area (Å²) in [6.07, 6.45) is 8.33. The van der Waals surface area contributed by atoms with Crippen molar-refractivity contribution in [2.75, 3.05) is 6.54 Å². The molecule has 0 spiro atoms. The summed E-state index contributed by atoms with van der Waals surface area (Å²) in [7, 11) is 0. The van der Waals surface area contributed by atoms with Crippen LogP contribution in [0, 0.1) is 11.8 Å². The van der Waals surface area contributed by atoms with Crippen molar-refractivity contribution in [3.05, 3.63) is 36.5 Å². The molecule has 1 saturated carbocycles. The van der Waals surface area contributed by atoms with E-state index in [4.69, 9.17) is 0 Å². The quantitative estimate of drug-likeness (QED) is 0.742. The Hall–Kier alpha value is -3.10. The Bertz CT molecular complexity index is 840. The molecule has 3 heterocycles. The van der Waals surface area contributed by atoms with Gasteiger partial charge in [-0.25, -0.2) is 14.6 Å². The summed E-state index contributed by atoms with van der Waals surface area (Å²) in [5.41, 5.74) is 0.844. The van der Waals surface area contributed by atoms with E-state index in [0.717, 1.165) is 31.2 Å². The zero-order chi connectivity index (χ0) is 19.5. The lowest BCUT2D eigenvalue weighted by Gasteiger charge is -2.19. The van der Waals surface area contributed by atoms with Crippen molar-refractivity contribution in [3.8, 4) is 5.82 Å². The fraction of sp³-hybridized carbons (Fsp3) is 0.474. The van der Waals surface area contributed by atoms with Crippen LogP contribution in [0.3, 0.4) is 0 Å². The van der Waals surface area contributed by atoms with Gasteiger partial charge in [-0.2, -0.15) is 5.10 Å². The average Bonchev–Trinajstić information content (AvgIpc) is 3.34. The first-order valence-electron chi connectivity index (χ1n) is 9.55. The molecule has 2 aromatic rings. The van der Waals surface area contributed by atoms with Crippen molar-refractivity contribution in [2.24, 2.45) is 11.8 Å². The molecule has 1 aliphatic carbocycles. The van der Waals surface area contributed by atoms with Crippen molar-refractivity contribution in [1.82, 2.24) is 30.0 Å². The number of carbonyl (C=O) groups is 3. The lowest BCUT2D eigenvalue weighted by molar-refractivity contribution is -0.140. The number of carbonyl (C=O) groups excluding carboxylic acids is 3. The van der Waals surface area contributed by atoms with Crippen LogP contribution in [-0.4, -0.2) is 48.9 Å². The number of imide groups is 1. The van der Waals surface area contributed by atoms with Crippen molar-refractivity contribution >= 4 is 17.7 Å². The summed E-state index contributed by atoms with van der Waals surface area (Å²) in [6, 6.07) is 3.64. The van der Waals surface area contributed by atoms with Crippen molar-refractivity contribution < 1.29 is 14.4 Å². The Kier molecular flexibility index (Phi) is 5.14. The zero-order valence-corrected chi connectivity index (χ0v) is 15.5. The molecule has 1 N–H and O–H groups in total. The Morgan fingerprint density at radius 2 is 1.89 bits per heavy atom. The molecule has 0 bridgehead atoms. The van der Waals surface area contributed by atoms with E-state index in [1.54, 1.807) is 23.3 Å². The van der Waals surface area contributed by atoms with Crippen LogP contribution in [0.15, 0.2) is 31.0 Å². The summed E-state index contributed by atoms with van der Waals surface area (Å²) < 4.78 is 1.55. The molecule has 2 aromatic heterocycles. The number of likely N-dealkylation sites (tertiary alicyclic amines) is 1. The summed E-state index contributed by atoms with van der Waals surface area (Å²) in [4.78, 5) is 46.4. The van der Waals surface area contributed by atoms with E-state index < -0.39 is 0 Å². The first-order chi connectivity index (χ1) is 13.6. The highest BCUT2D eigenvalue weighted by molar-refractivity contribution is 6.05. The minimum Gasteiger partial charge on any atom is -0.352 e. The van der Waals surface area contributed by atoms with Gasteiger partial charge in [0.15, 0.2) is 5.82 Å². The van der Waals surface area contributed by atoms with Gasteiger partial charge in [0.05, 0.1) is 11.8 Å². The molecule has 3 amide bonds. The van der Waals surface area contributed by atoms with E-state index in [1.807, 2.05) is 6.07 Å². The van der Waals surface area contributed by atoms with E-state index >= 15 is 0 Å². The van der Waals surface area contributed by atoms with Crippen LogP contribution in [-0.2, 0) is 20.9 Å². The third-order valence-corrected chi connectivity index (χ3v) is 5.45. The first-order valence-corrected chi connectivity index (χ1v) is 9.55. The van der Waals surface area contributed by atoms with Gasteiger partial charge < -0.3 is 5.32 Å². The number of fused-ring (bicyclic) bond motifs is 1. The van der Waals surface area contributed by atoms with Gasteiger partial charge in [-0.3, -0.25) is 19.3 Å². The highest BCUT2D eigenvalue weighted by Crippen LogP contribution is 2.37. The van der Waals surface area contributed by atoms with Gasteiger partial charge in [-0.05, 0) is 24.5 Å². The van der Waals surface area contributed by atoms with E-state index in [-0.39, 0.29) is 42.5 Å². The van der Waals surface area contributed by atoms with Gasteiger partial charge in [0.25, 0.3) is 0 Å². The molecule has 9 nitrogen and oxygen atoms in total. The van der Waals surface area contributed by atoms with E-state index in [1.165, 1.54) is 11.2 Å². The minimum absolute atomic E-state index is 0.101. The summed E-state index contributed by atoms with van der Waals surface area (Å²) in [5.74, 6) is -0.0977. The summed E-state index contributed by atoms with van der Waals surface area (Å²) >= 11 is 0. The molecule has 1 saturated heterocycles. The predicted molar refractivity (Wildman–Crippen MR) is 97.8 cm³/mol. The van der Waals surface area contributed by atoms with E-state index in [2.05, 4.69) is 20.4 Å². The summed E-state index contributed by atoms with van der Waals surface area (Å²) in [5, 5.41) is 6.81. The largest absolute Gasteiger partial charge is 0.352 e. The number of rotatable bonds is 6. The van der Waals surface area contributed by atoms with Crippen LogP contribution in [0.2, 0.25) is 0 Å². The van der Waals surface area contributed by atoms with Gasteiger partial charge in [-0.1, -0.05) is 18.9 Å². The van der Waals surface area contributed by atoms with Crippen LogP contribution in [0.5, 0.6) is 0 Å². The predicted octanol–water partition coefficient (Wildman–Crippen LogP) is 0.844. The van der Waals surface area contributed by atoms with Gasteiger partial charge >= 0.3 is 0 Å². The zero-order valence-electron chi connectivity index (χ0n) is 15.5. The summed E-state index contributed by atoms with van der Waals surface area (Å²) in [6.45, 7) is 0.483. The molecule has 4 rings (SSSR count). The van der Waals surface area contributed by atoms with Crippen LogP contribution in [0.4, 0.5) is 0 Å². The molecule has 2 atom stereocenters. The maximum absolute atomic E-state index is 12.4. The topological polar surface area (TPSA) is 110 Å². The van der Waals surface area contributed by atoms with Gasteiger partial charge in [0, 0.05) is 25.7 Å². The fourth-order valence-corrected chi connectivity index (χ4v) is 3.94. The first kappa shape index (κ1) is 18.3. The maximum atomic E-state index is 12.4. The van der Waals surface area contributed by atoms with E-state index in [0.29, 0.717) is 12.4 Å². The minimum atomic E-state index is -0.198. The molecule has 2 fully saturated rings. The Morgan fingerprint density at radius 1 is 1.14 bits per heavy atom. The van der Waals surface area contributed by atoms with Crippen LogP contribution in [0.25, 0.3) is 5.82 Å². The molecule has 146 valence electrons. The molecule has 9 heteroatoms. The average molecular weight is 382 g/mol. The molecule has 2 aliphatic rings. The second-order valence-corrected chi connectivity index (χ2v) is 7.22. The molecule has 0 aromatic carbocycles. The number of pyridine rings is 1. The van der Waals surface area contributed by atoms with Crippen molar-refractivity contribution in [2.45, 2.75) is 38.6 Å². The van der Waals surface area contributed by atoms with Crippen LogP contribution >= 0.6 is 0 Å². The van der Waals surface area contributed by atoms with E-state index in [9.17, 15) is 14.4 Å². The molecule has 0 radical (unpaired) electrons. The smallest absolute Gasteiger partial charge is 0.233 e. The number of nitrogens with one attached hydrogen (secondary N) is 1. The van der Waals surface area contributed by atoms with Gasteiger partial charge in [0.1, 0.15) is 12.7 Å². The van der Waals surface area contributed by atoms with Gasteiger partial charge in [-0.15, -0.1) is 0 Å². The molecule has 2 unspecified atom stereocenters. The third kappa shape index (κ3) is 3.64. The number of amides is 3. The Balaban J connectivity index is 1.26. The van der Waals surface area contributed by atoms with Crippen molar-refractivity contribution in [1.29, 1.82) is 0 Å². The number of nitrogens with zero attached hydrogens (tertiary/aromatic N) is 5. The van der Waals surface area contributed by atoms with Crippen molar-refractivity contribution in [3.63, 3.8) is 0 Å². The van der Waals surface area contributed by atoms with Crippen LogP contribution < -0.4 is 5.32 Å². The van der Waals surface area contributed by atoms with Gasteiger partial charge in [0.2, 0.25) is 17.7 Å². The highest BCUT2D eigenvalue weighted by atomic mass is 16.2.